The largest absolute Gasteiger partial charge is 0.462 e. The van der Waals surface area contributed by atoms with Crippen LogP contribution in [0.1, 0.15) is 39.0 Å². The van der Waals surface area contributed by atoms with Gasteiger partial charge in [-0.25, -0.2) is 4.79 Å². The zero-order chi connectivity index (χ0) is 20.3. The van der Waals surface area contributed by atoms with Crippen LogP contribution in [0.25, 0.3) is 11.0 Å². The van der Waals surface area contributed by atoms with Crippen LogP contribution >= 0.6 is 15.9 Å². The highest BCUT2D eigenvalue weighted by molar-refractivity contribution is 9.10. The van der Waals surface area contributed by atoms with Crippen molar-refractivity contribution in [2.45, 2.75) is 20.3 Å². The average Bonchev–Trinajstić information content (AvgIpc) is 3.07. The number of hydrogen-bond acceptors (Lipinski definition) is 6. The molecule has 28 heavy (non-hydrogen) atoms. The lowest BCUT2D eigenvalue weighted by molar-refractivity contribution is -0.133. The number of furan rings is 1. The van der Waals surface area contributed by atoms with Gasteiger partial charge < -0.3 is 13.9 Å². The molecule has 0 spiro atoms. The van der Waals surface area contributed by atoms with Gasteiger partial charge in [-0.15, -0.1) is 0 Å². The van der Waals surface area contributed by atoms with E-state index in [0.29, 0.717) is 27.3 Å². The van der Waals surface area contributed by atoms with Crippen LogP contribution < -0.4 is 4.74 Å². The van der Waals surface area contributed by atoms with Crippen LogP contribution in [0.5, 0.6) is 5.75 Å². The fraction of sp³-hybridized carbons (Fsp3) is 0.190. The summed E-state index contributed by atoms with van der Waals surface area (Å²) in [5, 5.41) is 0.336. The number of rotatable bonds is 6. The van der Waals surface area contributed by atoms with E-state index in [-0.39, 0.29) is 30.1 Å². The van der Waals surface area contributed by atoms with Gasteiger partial charge >= 0.3 is 11.9 Å². The number of fused-ring (bicyclic) bond motifs is 1. The van der Waals surface area contributed by atoms with Crippen molar-refractivity contribution in [3.63, 3.8) is 0 Å². The Balaban J connectivity index is 2.03. The summed E-state index contributed by atoms with van der Waals surface area (Å²) in [6.07, 6.45) is 0.555. The van der Waals surface area contributed by atoms with Crippen LogP contribution in [0.3, 0.4) is 0 Å². The predicted molar refractivity (Wildman–Crippen MR) is 106 cm³/mol. The fourth-order valence-electron chi connectivity index (χ4n) is 2.87. The minimum absolute atomic E-state index is 0.00258. The molecule has 0 N–H and O–H groups in total. The molecular weight excluding hydrogens is 428 g/mol. The summed E-state index contributed by atoms with van der Waals surface area (Å²) in [5.74, 6) is -1.04. The third-order valence-electron chi connectivity index (χ3n) is 4.08. The molecule has 1 heterocycles. The van der Waals surface area contributed by atoms with E-state index in [0.717, 1.165) is 5.56 Å². The van der Waals surface area contributed by atoms with Crippen molar-refractivity contribution in [1.82, 2.24) is 0 Å². The molecule has 2 aromatic carbocycles. The molecule has 0 bridgehead atoms. The van der Waals surface area contributed by atoms with E-state index in [2.05, 4.69) is 15.9 Å². The fourth-order valence-corrected chi connectivity index (χ4v) is 3.44. The van der Waals surface area contributed by atoms with Gasteiger partial charge in [-0.1, -0.05) is 30.3 Å². The summed E-state index contributed by atoms with van der Waals surface area (Å²) in [6, 6.07) is 10.8. The number of carbonyl (C=O) groups excluding carboxylic acids is 3. The van der Waals surface area contributed by atoms with Gasteiger partial charge in [-0.05, 0) is 47.0 Å². The zero-order valence-electron chi connectivity index (χ0n) is 15.3. The summed E-state index contributed by atoms with van der Waals surface area (Å²) < 4.78 is 16.4. The third kappa shape index (κ3) is 3.84. The van der Waals surface area contributed by atoms with Gasteiger partial charge in [0.05, 0.1) is 22.9 Å². The highest BCUT2D eigenvalue weighted by Crippen LogP contribution is 2.40. The summed E-state index contributed by atoms with van der Waals surface area (Å²) in [7, 11) is 0. The van der Waals surface area contributed by atoms with Gasteiger partial charge in [-0.2, -0.15) is 0 Å². The number of halogens is 1. The number of aldehydes is 1. The maximum absolute atomic E-state index is 12.4. The Morgan fingerprint density at radius 2 is 1.93 bits per heavy atom. The van der Waals surface area contributed by atoms with Crippen LogP contribution in [-0.4, -0.2) is 24.8 Å². The number of hydrogen-bond donors (Lipinski definition) is 0. The Kier molecular flexibility index (Phi) is 5.94. The first-order valence-corrected chi connectivity index (χ1v) is 9.38. The van der Waals surface area contributed by atoms with Crippen molar-refractivity contribution in [1.29, 1.82) is 0 Å². The van der Waals surface area contributed by atoms with Gasteiger partial charge in [0.1, 0.15) is 16.9 Å². The lowest BCUT2D eigenvalue weighted by Gasteiger charge is -2.10. The molecule has 144 valence electrons. The van der Waals surface area contributed by atoms with E-state index in [4.69, 9.17) is 13.9 Å². The Bertz CT molecular complexity index is 1050. The molecule has 0 aliphatic heterocycles. The van der Waals surface area contributed by atoms with Crippen molar-refractivity contribution < 1.29 is 28.3 Å². The molecule has 3 aromatic rings. The highest BCUT2D eigenvalue weighted by atomic mass is 79.9. The van der Waals surface area contributed by atoms with Crippen LogP contribution in [-0.2, 0) is 16.0 Å². The molecule has 0 saturated heterocycles. The van der Waals surface area contributed by atoms with Crippen LogP contribution in [0, 0.1) is 6.92 Å². The molecule has 0 saturated carbocycles. The molecule has 0 unspecified atom stereocenters. The van der Waals surface area contributed by atoms with Gasteiger partial charge in [0.2, 0.25) is 0 Å². The van der Waals surface area contributed by atoms with Gasteiger partial charge in [0.15, 0.2) is 12.0 Å². The molecular formula is C21H17BrO6. The molecule has 0 aliphatic carbocycles. The summed E-state index contributed by atoms with van der Waals surface area (Å²) >= 11 is 3.38. The van der Waals surface area contributed by atoms with E-state index in [9.17, 15) is 14.4 Å². The molecule has 0 fully saturated rings. The number of aryl methyl sites for hydroxylation is 1. The van der Waals surface area contributed by atoms with E-state index >= 15 is 0 Å². The second-order valence-corrected chi connectivity index (χ2v) is 6.82. The second kappa shape index (κ2) is 8.39. The lowest BCUT2D eigenvalue weighted by Crippen LogP contribution is -2.12. The smallest absolute Gasteiger partial charge is 0.342 e. The van der Waals surface area contributed by atoms with E-state index < -0.39 is 11.9 Å². The molecule has 0 aliphatic rings. The van der Waals surface area contributed by atoms with Crippen LogP contribution in [0.4, 0.5) is 0 Å². The SMILES string of the molecule is CCOC(=O)c1c(C=O)oc2c(C)cc(OC(=O)Cc3ccccc3)c(Br)c12. The number of ether oxygens (including phenoxy) is 2. The topological polar surface area (TPSA) is 82.8 Å². The quantitative estimate of drug-likeness (QED) is 0.312. The molecule has 0 amide bonds. The number of carbonyl (C=O) groups is 3. The van der Waals surface area contributed by atoms with Crippen molar-refractivity contribution >= 4 is 45.1 Å². The monoisotopic (exact) mass is 444 g/mol. The Hall–Kier alpha value is -2.93. The first-order valence-electron chi connectivity index (χ1n) is 8.58. The lowest BCUT2D eigenvalue weighted by atomic mass is 10.1. The highest BCUT2D eigenvalue weighted by Gasteiger charge is 2.27. The first-order chi connectivity index (χ1) is 13.5. The second-order valence-electron chi connectivity index (χ2n) is 6.03. The van der Waals surface area contributed by atoms with Gasteiger partial charge in [-0.3, -0.25) is 9.59 Å². The Morgan fingerprint density at radius 3 is 2.57 bits per heavy atom. The summed E-state index contributed by atoms with van der Waals surface area (Å²) in [5.41, 5.74) is 1.78. The number of esters is 2. The average molecular weight is 445 g/mol. The van der Waals surface area contributed by atoms with Crippen LogP contribution in [0.2, 0.25) is 0 Å². The molecule has 1 aromatic heterocycles. The maximum atomic E-state index is 12.4. The Labute approximate surface area is 169 Å². The van der Waals surface area contributed by atoms with Gasteiger partial charge in [0.25, 0.3) is 0 Å². The Morgan fingerprint density at radius 1 is 1.21 bits per heavy atom. The van der Waals surface area contributed by atoms with Crippen molar-refractivity contribution in [2.24, 2.45) is 0 Å². The van der Waals surface area contributed by atoms with Gasteiger partial charge in [0, 0.05) is 0 Å². The summed E-state index contributed by atoms with van der Waals surface area (Å²) in [4.78, 5) is 36.1. The van der Waals surface area contributed by atoms with E-state index in [1.54, 1.807) is 19.9 Å². The first kappa shape index (κ1) is 19.8. The molecule has 6 nitrogen and oxygen atoms in total. The molecule has 7 heteroatoms. The summed E-state index contributed by atoms with van der Waals surface area (Å²) in [6.45, 7) is 3.54. The predicted octanol–water partition coefficient (Wildman–Crippen LogP) is 4.64. The standard InChI is InChI=1S/C21H17BrO6/c1-3-26-21(25)17-15(11-23)28-20-12(2)9-14(19(22)18(17)20)27-16(24)10-13-7-5-4-6-8-13/h4-9,11H,3,10H2,1-2H3. The number of benzene rings is 2. The van der Waals surface area contributed by atoms with Crippen molar-refractivity contribution in [3.05, 3.63) is 63.3 Å². The normalized spacial score (nSPS) is 10.7. The van der Waals surface area contributed by atoms with E-state index in [1.807, 2.05) is 30.3 Å². The van der Waals surface area contributed by atoms with Crippen molar-refractivity contribution in [2.75, 3.05) is 6.61 Å². The molecule has 0 atom stereocenters. The molecule has 0 radical (unpaired) electrons. The zero-order valence-corrected chi connectivity index (χ0v) is 16.9. The molecule has 3 rings (SSSR count). The van der Waals surface area contributed by atoms with Crippen molar-refractivity contribution in [3.8, 4) is 5.75 Å². The van der Waals surface area contributed by atoms with Crippen LogP contribution in [0.15, 0.2) is 45.3 Å². The minimum atomic E-state index is -0.684. The third-order valence-corrected chi connectivity index (χ3v) is 4.87. The minimum Gasteiger partial charge on any atom is -0.462 e. The maximum Gasteiger partial charge on any atom is 0.342 e. The van der Waals surface area contributed by atoms with E-state index in [1.165, 1.54) is 0 Å².